The molecule has 0 N–H and O–H groups in total. The Labute approximate surface area is 143 Å². The maximum Gasteiger partial charge on any atom is 0.228 e. The molecule has 3 aromatic heterocycles. The van der Waals surface area contributed by atoms with E-state index in [1.807, 2.05) is 48.1 Å². The molecule has 0 aromatic carbocycles. The van der Waals surface area contributed by atoms with Crippen molar-refractivity contribution in [2.75, 3.05) is 13.6 Å². The third kappa shape index (κ3) is 4.24. The van der Waals surface area contributed by atoms with Crippen LogP contribution in [0.25, 0.3) is 9.88 Å². The van der Waals surface area contributed by atoms with Crippen molar-refractivity contribution in [2.24, 2.45) is 0 Å². The Morgan fingerprint density at radius 3 is 2.83 bits per heavy atom. The van der Waals surface area contributed by atoms with Gasteiger partial charge in [0.25, 0.3) is 0 Å². The number of thiophene rings is 1. The lowest BCUT2D eigenvalue weighted by Gasteiger charge is -2.16. The highest BCUT2D eigenvalue weighted by Crippen LogP contribution is 2.27. The number of hydrogen-bond acceptors (Lipinski definition) is 5. The Balaban J connectivity index is 1.54. The minimum absolute atomic E-state index is 0.0870. The zero-order chi connectivity index (χ0) is 16.1. The fourth-order valence-corrected chi connectivity index (χ4v) is 3.78. The minimum atomic E-state index is 0.0870. The smallest absolute Gasteiger partial charge is 0.228 e. The van der Waals surface area contributed by atoms with Gasteiger partial charge >= 0.3 is 0 Å². The number of carbonyl (C=O) groups is 1. The molecule has 6 heteroatoms. The third-order valence-electron chi connectivity index (χ3n) is 3.47. The van der Waals surface area contributed by atoms with E-state index in [0.29, 0.717) is 13.0 Å². The van der Waals surface area contributed by atoms with Crippen LogP contribution in [0.4, 0.5) is 0 Å². The first kappa shape index (κ1) is 15.8. The van der Waals surface area contributed by atoms with Gasteiger partial charge < -0.3 is 4.90 Å². The summed E-state index contributed by atoms with van der Waals surface area (Å²) in [5.74, 6) is 0.0870. The van der Waals surface area contributed by atoms with Crippen LogP contribution in [-0.2, 0) is 17.6 Å². The van der Waals surface area contributed by atoms with E-state index < -0.39 is 0 Å². The molecule has 0 radical (unpaired) electrons. The fraction of sp³-hybridized carbons (Fsp3) is 0.235. The predicted octanol–water partition coefficient (Wildman–Crippen LogP) is 3.51. The van der Waals surface area contributed by atoms with Crippen LogP contribution in [0.3, 0.4) is 0 Å². The maximum absolute atomic E-state index is 12.3. The van der Waals surface area contributed by atoms with E-state index in [9.17, 15) is 4.79 Å². The van der Waals surface area contributed by atoms with Gasteiger partial charge in [0.15, 0.2) is 0 Å². The first-order chi connectivity index (χ1) is 11.2. The quantitative estimate of drug-likeness (QED) is 0.688. The molecular weight excluding hydrogens is 326 g/mol. The molecule has 118 valence electrons. The lowest BCUT2D eigenvalue weighted by atomic mass is 10.2. The van der Waals surface area contributed by atoms with Gasteiger partial charge in [-0.25, -0.2) is 4.98 Å². The van der Waals surface area contributed by atoms with Crippen molar-refractivity contribution in [3.05, 3.63) is 58.7 Å². The van der Waals surface area contributed by atoms with Gasteiger partial charge in [0, 0.05) is 37.3 Å². The maximum atomic E-state index is 12.3. The highest BCUT2D eigenvalue weighted by atomic mass is 32.1. The van der Waals surface area contributed by atoms with Crippen LogP contribution < -0.4 is 0 Å². The molecule has 0 atom stereocenters. The number of pyridine rings is 1. The number of nitrogens with zero attached hydrogens (tertiary/aromatic N) is 3. The van der Waals surface area contributed by atoms with Crippen molar-refractivity contribution in [2.45, 2.75) is 12.8 Å². The Hall–Kier alpha value is -2.05. The summed E-state index contributed by atoms with van der Waals surface area (Å²) in [6, 6.07) is 9.90. The molecule has 3 aromatic rings. The number of likely N-dealkylation sites (N-methyl/N-ethyl adjacent to an activating group) is 1. The van der Waals surface area contributed by atoms with E-state index in [-0.39, 0.29) is 5.91 Å². The Bertz CT molecular complexity index is 753. The number of hydrogen-bond donors (Lipinski definition) is 0. The summed E-state index contributed by atoms with van der Waals surface area (Å²) in [7, 11) is 1.83. The van der Waals surface area contributed by atoms with E-state index in [0.717, 1.165) is 27.7 Å². The SMILES string of the molecule is CN(CCc1ccccn1)C(=O)Cc1csc(-c2cccs2)n1. The first-order valence-corrected chi connectivity index (χ1v) is 9.10. The van der Waals surface area contributed by atoms with Gasteiger partial charge in [0.05, 0.1) is 17.0 Å². The van der Waals surface area contributed by atoms with Crippen LogP contribution in [-0.4, -0.2) is 34.4 Å². The number of rotatable bonds is 6. The number of aromatic nitrogens is 2. The number of carbonyl (C=O) groups excluding carboxylic acids is 1. The lowest BCUT2D eigenvalue weighted by Crippen LogP contribution is -2.30. The Morgan fingerprint density at radius 2 is 2.09 bits per heavy atom. The normalized spacial score (nSPS) is 10.7. The second-order valence-corrected chi connectivity index (χ2v) is 6.99. The molecule has 3 rings (SSSR count). The predicted molar refractivity (Wildman–Crippen MR) is 94.7 cm³/mol. The summed E-state index contributed by atoms with van der Waals surface area (Å²) in [4.78, 5) is 24.0. The van der Waals surface area contributed by atoms with Gasteiger partial charge in [-0.05, 0) is 23.6 Å². The topological polar surface area (TPSA) is 46.1 Å². The van der Waals surface area contributed by atoms with E-state index in [1.165, 1.54) is 0 Å². The van der Waals surface area contributed by atoms with E-state index in [2.05, 4.69) is 9.97 Å². The highest BCUT2D eigenvalue weighted by molar-refractivity contribution is 7.20. The second-order valence-electron chi connectivity index (χ2n) is 5.18. The molecule has 23 heavy (non-hydrogen) atoms. The van der Waals surface area contributed by atoms with Crippen molar-refractivity contribution < 1.29 is 4.79 Å². The molecule has 0 aliphatic heterocycles. The number of amides is 1. The highest BCUT2D eigenvalue weighted by Gasteiger charge is 2.13. The van der Waals surface area contributed by atoms with Crippen LogP contribution in [0.2, 0.25) is 0 Å². The van der Waals surface area contributed by atoms with Gasteiger partial charge in [-0.2, -0.15) is 0 Å². The largest absolute Gasteiger partial charge is 0.345 e. The molecule has 0 saturated heterocycles. The zero-order valence-corrected chi connectivity index (χ0v) is 14.4. The molecular formula is C17H17N3OS2. The molecule has 0 aliphatic rings. The van der Waals surface area contributed by atoms with Crippen LogP contribution in [0.5, 0.6) is 0 Å². The van der Waals surface area contributed by atoms with Crippen molar-refractivity contribution in [1.82, 2.24) is 14.9 Å². The molecule has 0 fully saturated rings. The summed E-state index contributed by atoms with van der Waals surface area (Å²) in [6.07, 6.45) is 2.89. The molecule has 4 nitrogen and oxygen atoms in total. The molecule has 0 unspecified atom stereocenters. The summed E-state index contributed by atoms with van der Waals surface area (Å²) >= 11 is 3.26. The summed E-state index contributed by atoms with van der Waals surface area (Å²) in [6.45, 7) is 0.664. The van der Waals surface area contributed by atoms with Crippen molar-refractivity contribution in [3.63, 3.8) is 0 Å². The fourth-order valence-electron chi connectivity index (χ4n) is 2.14. The average Bonchev–Trinajstić information content (AvgIpc) is 3.24. The van der Waals surface area contributed by atoms with Crippen LogP contribution in [0.15, 0.2) is 47.3 Å². The molecule has 3 heterocycles. The van der Waals surface area contributed by atoms with Crippen LogP contribution in [0.1, 0.15) is 11.4 Å². The van der Waals surface area contributed by atoms with E-state index in [1.54, 1.807) is 33.8 Å². The van der Waals surface area contributed by atoms with Crippen LogP contribution in [0, 0.1) is 0 Å². The van der Waals surface area contributed by atoms with Gasteiger partial charge in [0.2, 0.25) is 5.91 Å². The first-order valence-electron chi connectivity index (χ1n) is 7.34. The van der Waals surface area contributed by atoms with Gasteiger partial charge in [-0.15, -0.1) is 22.7 Å². The summed E-state index contributed by atoms with van der Waals surface area (Å²) < 4.78 is 0. The van der Waals surface area contributed by atoms with Crippen molar-refractivity contribution in [1.29, 1.82) is 0 Å². The second kappa shape index (κ2) is 7.48. The molecule has 1 amide bonds. The summed E-state index contributed by atoms with van der Waals surface area (Å²) in [5.41, 5.74) is 1.84. The standard InChI is InChI=1S/C17H17N3OS2/c1-20(9-7-13-5-2-3-8-18-13)16(21)11-14-12-23-17(19-14)15-6-4-10-22-15/h2-6,8,10,12H,7,9,11H2,1H3. The van der Waals surface area contributed by atoms with E-state index in [4.69, 9.17) is 0 Å². The van der Waals surface area contributed by atoms with Gasteiger partial charge in [-0.1, -0.05) is 12.1 Å². The minimum Gasteiger partial charge on any atom is -0.345 e. The van der Waals surface area contributed by atoms with Crippen LogP contribution >= 0.6 is 22.7 Å². The lowest BCUT2D eigenvalue weighted by molar-refractivity contribution is -0.129. The van der Waals surface area contributed by atoms with E-state index >= 15 is 0 Å². The molecule has 0 aliphatic carbocycles. The van der Waals surface area contributed by atoms with Gasteiger partial charge in [-0.3, -0.25) is 9.78 Å². The molecule has 0 saturated carbocycles. The molecule has 0 bridgehead atoms. The Morgan fingerprint density at radius 1 is 1.17 bits per heavy atom. The zero-order valence-electron chi connectivity index (χ0n) is 12.8. The average molecular weight is 343 g/mol. The number of thiazole rings is 1. The monoisotopic (exact) mass is 343 g/mol. The van der Waals surface area contributed by atoms with Crippen molar-refractivity contribution in [3.8, 4) is 9.88 Å². The molecule has 0 spiro atoms. The van der Waals surface area contributed by atoms with Crippen molar-refractivity contribution >= 4 is 28.6 Å². The Kier molecular flexibility index (Phi) is 5.15. The summed E-state index contributed by atoms with van der Waals surface area (Å²) in [5, 5.41) is 4.99. The third-order valence-corrected chi connectivity index (χ3v) is 5.40. The van der Waals surface area contributed by atoms with Gasteiger partial charge in [0.1, 0.15) is 5.01 Å².